The number of Topliss-reactive ketones (excluding diaryl/α,β-unsaturated/α-hetero) is 1. The van der Waals surface area contributed by atoms with Gasteiger partial charge >= 0.3 is 11.9 Å². The average molecular weight is 280 g/mol. The summed E-state index contributed by atoms with van der Waals surface area (Å²) in [5, 5.41) is 0. The number of hydrogen-bond acceptors (Lipinski definition) is 5. The van der Waals surface area contributed by atoms with Crippen LogP contribution in [0.5, 0.6) is 0 Å². The van der Waals surface area contributed by atoms with E-state index in [4.69, 9.17) is 9.47 Å². The molecule has 0 saturated heterocycles. The summed E-state index contributed by atoms with van der Waals surface area (Å²) < 4.78 is 10.3. The van der Waals surface area contributed by atoms with Gasteiger partial charge in [0.1, 0.15) is 11.4 Å². The summed E-state index contributed by atoms with van der Waals surface area (Å²) >= 11 is 0. The molecule has 0 heterocycles. The second-order valence-electron chi connectivity index (χ2n) is 7.21. The van der Waals surface area contributed by atoms with Gasteiger partial charge in [0, 0.05) is 12.3 Å². The lowest BCUT2D eigenvalue weighted by molar-refractivity contribution is -0.171. The first-order valence-electron chi connectivity index (χ1n) is 7.06. The zero-order valence-corrected chi connectivity index (χ0v) is 12.3. The summed E-state index contributed by atoms with van der Waals surface area (Å²) in [6.45, 7) is 5.42. The molecular formula is C15H20O5. The molecule has 3 fully saturated rings. The molecule has 3 saturated carbocycles. The van der Waals surface area contributed by atoms with Crippen LogP contribution in [0.25, 0.3) is 0 Å². The number of hydrogen-bond donors (Lipinski definition) is 0. The Kier molecular flexibility index (Phi) is 2.60. The number of rotatable bonds is 2. The second-order valence-corrected chi connectivity index (χ2v) is 7.21. The number of fused-ring (bicyclic) bond motifs is 3. The number of esters is 2. The van der Waals surface area contributed by atoms with E-state index in [1.165, 1.54) is 7.11 Å². The smallest absolute Gasteiger partial charge is 0.313 e. The molecule has 3 aliphatic rings. The molecule has 0 bridgehead atoms. The third-order valence-corrected chi connectivity index (χ3v) is 4.99. The minimum atomic E-state index is -0.804. The summed E-state index contributed by atoms with van der Waals surface area (Å²) in [4.78, 5) is 36.4. The van der Waals surface area contributed by atoms with Gasteiger partial charge in [-0.2, -0.15) is 0 Å². The van der Waals surface area contributed by atoms with Crippen LogP contribution in [-0.4, -0.2) is 30.4 Å². The van der Waals surface area contributed by atoms with Crippen LogP contribution in [0, 0.1) is 29.1 Å². The van der Waals surface area contributed by atoms with Crippen molar-refractivity contribution in [2.75, 3.05) is 7.11 Å². The standard InChI is InChI=1S/C15H20O5/c1-14(2,3)20-13(18)15-6-8(15)7-5-9(16)10(7)11(15)12(17)19-4/h7-8,10-11H,5-6H2,1-4H3/t7-,8?,10?,11-,15?/m0/s1. The lowest BCUT2D eigenvalue weighted by Crippen LogP contribution is -2.45. The minimum absolute atomic E-state index is 0.0838. The predicted molar refractivity (Wildman–Crippen MR) is 68.5 cm³/mol. The number of methoxy groups -OCH3 is 1. The molecule has 5 heteroatoms. The normalized spacial score (nSPS) is 41.3. The lowest BCUT2D eigenvalue weighted by Gasteiger charge is -2.35. The average Bonchev–Trinajstić information content (AvgIpc) is 3.00. The Morgan fingerprint density at radius 3 is 2.45 bits per heavy atom. The van der Waals surface area contributed by atoms with Gasteiger partial charge in [0.15, 0.2) is 0 Å². The van der Waals surface area contributed by atoms with E-state index < -0.39 is 22.9 Å². The first-order valence-corrected chi connectivity index (χ1v) is 7.06. The van der Waals surface area contributed by atoms with Gasteiger partial charge in [-0.3, -0.25) is 14.4 Å². The lowest BCUT2D eigenvalue weighted by atomic mass is 9.67. The van der Waals surface area contributed by atoms with E-state index in [9.17, 15) is 14.4 Å². The van der Waals surface area contributed by atoms with Crippen molar-refractivity contribution in [1.29, 1.82) is 0 Å². The van der Waals surface area contributed by atoms with Gasteiger partial charge in [-0.05, 0) is 39.0 Å². The highest BCUT2D eigenvalue weighted by atomic mass is 16.6. The number of carbonyl (C=O) groups is 3. The van der Waals surface area contributed by atoms with Crippen LogP contribution in [0.4, 0.5) is 0 Å². The highest BCUT2D eigenvalue weighted by molar-refractivity contribution is 5.99. The van der Waals surface area contributed by atoms with Crippen molar-refractivity contribution in [3.8, 4) is 0 Å². The van der Waals surface area contributed by atoms with E-state index in [1.54, 1.807) is 20.8 Å². The highest BCUT2D eigenvalue weighted by Gasteiger charge is 2.81. The van der Waals surface area contributed by atoms with Crippen molar-refractivity contribution in [3.05, 3.63) is 0 Å². The molecule has 3 unspecified atom stereocenters. The first kappa shape index (κ1) is 13.6. The molecule has 0 amide bonds. The van der Waals surface area contributed by atoms with Gasteiger partial charge < -0.3 is 9.47 Å². The van der Waals surface area contributed by atoms with Gasteiger partial charge in [-0.25, -0.2) is 0 Å². The first-order chi connectivity index (χ1) is 9.22. The summed E-state index contributed by atoms with van der Waals surface area (Å²) in [6.07, 6.45) is 1.14. The summed E-state index contributed by atoms with van der Waals surface area (Å²) in [5.41, 5.74) is -1.40. The van der Waals surface area contributed by atoms with Crippen LogP contribution in [0.15, 0.2) is 0 Å². The summed E-state index contributed by atoms with van der Waals surface area (Å²) in [5.74, 6) is -1.39. The van der Waals surface area contributed by atoms with Crippen LogP contribution >= 0.6 is 0 Å². The molecule has 0 aromatic heterocycles. The molecule has 0 aliphatic heterocycles. The van der Waals surface area contributed by atoms with Crippen molar-refractivity contribution >= 4 is 17.7 Å². The van der Waals surface area contributed by atoms with Crippen LogP contribution in [0.3, 0.4) is 0 Å². The van der Waals surface area contributed by atoms with E-state index >= 15 is 0 Å². The zero-order chi connectivity index (χ0) is 14.9. The van der Waals surface area contributed by atoms with Gasteiger partial charge in [0.25, 0.3) is 0 Å². The fraction of sp³-hybridized carbons (Fsp3) is 0.800. The maximum atomic E-state index is 12.5. The zero-order valence-electron chi connectivity index (χ0n) is 12.3. The molecule has 0 N–H and O–H groups in total. The van der Waals surface area contributed by atoms with Crippen LogP contribution in [0.2, 0.25) is 0 Å². The predicted octanol–water partition coefficient (Wildman–Crippen LogP) is 1.34. The number of ketones is 1. The van der Waals surface area contributed by atoms with Crippen LogP contribution in [-0.2, 0) is 23.9 Å². The molecule has 0 aromatic rings. The molecular weight excluding hydrogens is 260 g/mol. The molecule has 20 heavy (non-hydrogen) atoms. The molecule has 0 spiro atoms. The SMILES string of the molecule is COC(=O)[C@@H]1C2C(=O)C[C@H]2C2CC21C(=O)OC(C)(C)C. The van der Waals surface area contributed by atoms with Crippen LogP contribution < -0.4 is 0 Å². The number of ether oxygens (including phenoxy) is 2. The highest BCUT2D eigenvalue weighted by Crippen LogP contribution is 2.75. The summed E-state index contributed by atoms with van der Waals surface area (Å²) in [6, 6.07) is 0. The Hall–Kier alpha value is -1.39. The fourth-order valence-corrected chi connectivity index (χ4v) is 4.13. The van der Waals surface area contributed by atoms with E-state index in [0.29, 0.717) is 12.8 Å². The van der Waals surface area contributed by atoms with Crippen molar-refractivity contribution in [2.45, 2.75) is 39.2 Å². The van der Waals surface area contributed by atoms with Gasteiger partial charge in [-0.1, -0.05) is 0 Å². The molecule has 0 aromatic carbocycles. The quantitative estimate of drug-likeness (QED) is 0.714. The van der Waals surface area contributed by atoms with E-state index in [1.807, 2.05) is 0 Å². The van der Waals surface area contributed by atoms with E-state index in [-0.39, 0.29) is 29.5 Å². The molecule has 3 rings (SSSR count). The van der Waals surface area contributed by atoms with E-state index in [0.717, 1.165) is 0 Å². The van der Waals surface area contributed by atoms with E-state index in [2.05, 4.69) is 0 Å². The van der Waals surface area contributed by atoms with Gasteiger partial charge in [0.05, 0.1) is 18.4 Å². The Morgan fingerprint density at radius 1 is 1.30 bits per heavy atom. The molecule has 3 aliphatic carbocycles. The maximum Gasteiger partial charge on any atom is 0.313 e. The topological polar surface area (TPSA) is 69.7 Å². The van der Waals surface area contributed by atoms with Crippen molar-refractivity contribution in [3.63, 3.8) is 0 Å². The Labute approximate surface area is 118 Å². The Bertz CT molecular complexity index is 503. The largest absolute Gasteiger partial charge is 0.469 e. The Balaban J connectivity index is 1.91. The third kappa shape index (κ3) is 1.58. The molecule has 110 valence electrons. The van der Waals surface area contributed by atoms with Crippen molar-refractivity contribution in [2.24, 2.45) is 29.1 Å². The summed E-state index contributed by atoms with van der Waals surface area (Å²) in [7, 11) is 1.30. The van der Waals surface area contributed by atoms with Crippen molar-refractivity contribution < 1.29 is 23.9 Å². The Morgan fingerprint density at radius 2 is 1.95 bits per heavy atom. The fourth-order valence-electron chi connectivity index (χ4n) is 4.13. The molecule has 5 atom stereocenters. The molecule has 0 radical (unpaired) electrons. The van der Waals surface area contributed by atoms with Crippen LogP contribution in [0.1, 0.15) is 33.6 Å². The minimum Gasteiger partial charge on any atom is -0.469 e. The van der Waals surface area contributed by atoms with Crippen molar-refractivity contribution in [1.82, 2.24) is 0 Å². The monoisotopic (exact) mass is 280 g/mol. The number of carbonyl (C=O) groups excluding carboxylic acids is 3. The third-order valence-electron chi connectivity index (χ3n) is 4.99. The van der Waals surface area contributed by atoms with Gasteiger partial charge in [0.2, 0.25) is 0 Å². The second kappa shape index (κ2) is 3.83. The molecule has 5 nitrogen and oxygen atoms in total. The maximum absolute atomic E-state index is 12.5. The van der Waals surface area contributed by atoms with Gasteiger partial charge in [-0.15, -0.1) is 0 Å².